The summed E-state index contributed by atoms with van der Waals surface area (Å²) in [5.41, 5.74) is 5.42. The minimum Gasteiger partial charge on any atom is -0.494 e. The molecule has 1 atom stereocenters. The van der Waals surface area contributed by atoms with Gasteiger partial charge in [-0.1, -0.05) is 6.07 Å². The average molecular weight is 446 g/mol. The summed E-state index contributed by atoms with van der Waals surface area (Å²) in [6.07, 6.45) is 9.92. The molecule has 0 N–H and O–H groups in total. The Morgan fingerprint density at radius 3 is 2.79 bits per heavy atom. The normalized spacial score (nSPS) is 15.9. The molecule has 0 saturated carbocycles. The van der Waals surface area contributed by atoms with Gasteiger partial charge in [0.25, 0.3) is 5.56 Å². The second kappa shape index (κ2) is 8.78. The highest BCUT2D eigenvalue weighted by atomic mass is 16.5. The van der Waals surface area contributed by atoms with E-state index in [1.807, 2.05) is 38.5 Å². The van der Waals surface area contributed by atoms with Crippen LogP contribution in [0.1, 0.15) is 29.5 Å². The standard InChI is InChI=1S/C25H27N5O3/c1-16-18(9-17-6-7-22(26-11-17)19-12-28-29(2)13-19)10-21-23(24(16)32-3)27-15-30(25(21)31)14-20-5-4-8-33-20/h6-7,10-13,15,20H,4-5,8-9,14H2,1-3H3. The Bertz CT molecular complexity index is 1350. The molecule has 0 aliphatic carbocycles. The van der Waals surface area contributed by atoms with Crippen molar-refractivity contribution in [1.82, 2.24) is 24.3 Å². The number of aryl methyl sites for hydroxylation is 1. The third-order valence-electron chi connectivity index (χ3n) is 6.28. The van der Waals surface area contributed by atoms with Crippen molar-refractivity contribution in [3.8, 4) is 17.0 Å². The summed E-state index contributed by atoms with van der Waals surface area (Å²) in [7, 11) is 3.51. The number of aromatic nitrogens is 5. The molecule has 170 valence electrons. The Morgan fingerprint density at radius 2 is 2.12 bits per heavy atom. The van der Waals surface area contributed by atoms with Gasteiger partial charge in [-0.15, -0.1) is 0 Å². The van der Waals surface area contributed by atoms with Gasteiger partial charge in [-0.05, 0) is 55.0 Å². The topological polar surface area (TPSA) is 84.1 Å². The lowest BCUT2D eigenvalue weighted by atomic mass is 9.98. The summed E-state index contributed by atoms with van der Waals surface area (Å²) >= 11 is 0. The maximum absolute atomic E-state index is 13.3. The fraction of sp³-hybridized carbons (Fsp3) is 0.360. The molecule has 1 unspecified atom stereocenters. The number of methoxy groups -OCH3 is 1. The van der Waals surface area contributed by atoms with E-state index in [1.165, 1.54) is 0 Å². The van der Waals surface area contributed by atoms with E-state index in [2.05, 4.69) is 21.1 Å². The van der Waals surface area contributed by atoms with E-state index in [9.17, 15) is 4.79 Å². The second-order valence-corrected chi connectivity index (χ2v) is 8.56. The largest absolute Gasteiger partial charge is 0.494 e. The Kier molecular flexibility index (Phi) is 5.68. The van der Waals surface area contributed by atoms with Gasteiger partial charge >= 0.3 is 0 Å². The molecule has 0 bridgehead atoms. The molecule has 1 saturated heterocycles. The zero-order valence-electron chi connectivity index (χ0n) is 19.1. The van der Waals surface area contributed by atoms with Gasteiger partial charge in [0.2, 0.25) is 0 Å². The maximum atomic E-state index is 13.3. The lowest BCUT2D eigenvalue weighted by molar-refractivity contribution is 0.0960. The highest BCUT2D eigenvalue weighted by Crippen LogP contribution is 2.31. The molecule has 5 rings (SSSR count). The Labute approximate surface area is 191 Å². The zero-order chi connectivity index (χ0) is 22.9. The van der Waals surface area contributed by atoms with Crippen LogP contribution in [0.2, 0.25) is 0 Å². The van der Waals surface area contributed by atoms with Gasteiger partial charge in [0, 0.05) is 31.6 Å². The first-order chi connectivity index (χ1) is 16.0. The minimum absolute atomic E-state index is 0.0677. The summed E-state index contributed by atoms with van der Waals surface area (Å²) < 4.78 is 14.8. The molecule has 4 aromatic rings. The number of pyridine rings is 1. The molecule has 0 amide bonds. The average Bonchev–Trinajstić information content (AvgIpc) is 3.49. The van der Waals surface area contributed by atoms with Crippen molar-refractivity contribution < 1.29 is 9.47 Å². The van der Waals surface area contributed by atoms with Crippen molar-refractivity contribution in [3.05, 3.63) is 70.2 Å². The molecule has 1 fully saturated rings. The van der Waals surface area contributed by atoms with Crippen LogP contribution in [0.25, 0.3) is 22.2 Å². The number of ether oxygens (including phenoxy) is 2. The van der Waals surface area contributed by atoms with Crippen LogP contribution in [-0.4, -0.2) is 44.1 Å². The van der Waals surface area contributed by atoms with Crippen LogP contribution in [0.4, 0.5) is 0 Å². The Hall–Kier alpha value is -3.52. The molecule has 8 nitrogen and oxygen atoms in total. The maximum Gasteiger partial charge on any atom is 0.261 e. The van der Waals surface area contributed by atoms with Gasteiger partial charge in [0.15, 0.2) is 0 Å². The number of nitrogens with zero attached hydrogens (tertiary/aromatic N) is 5. The van der Waals surface area contributed by atoms with E-state index in [1.54, 1.807) is 28.9 Å². The Balaban J connectivity index is 1.49. The first-order valence-corrected chi connectivity index (χ1v) is 11.1. The van der Waals surface area contributed by atoms with Crippen molar-refractivity contribution in [2.45, 2.75) is 38.8 Å². The van der Waals surface area contributed by atoms with Gasteiger partial charge < -0.3 is 9.47 Å². The summed E-state index contributed by atoms with van der Waals surface area (Å²) in [4.78, 5) is 22.5. The fourth-order valence-corrected chi connectivity index (χ4v) is 4.47. The molecule has 3 aromatic heterocycles. The first kappa shape index (κ1) is 21.3. The van der Waals surface area contributed by atoms with Crippen LogP contribution in [-0.2, 0) is 24.8 Å². The third-order valence-corrected chi connectivity index (χ3v) is 6.28. The predicted octanol–water partition coefficient (Wildman–Crippen LogP) is 3.28. The number of benzene rings is 1. The van der Waals surface area contributed by atoms with Crippen molar-refractivity contribution in [1.29, 1.82) is 0 Å². The number of hydrogen-bond acceptors (Lipinski definition) is 6. The van der Waals surface area contributed by atoms with Crippen molar-refractivity contribution in [3.63, 3.8) is 0 Å². The third kappa shape index (κ3) is 4.14. The van der Waals surface area contributed by atoms with Crippen LogP contribution < -0.4 is 10.3 Å². The van der Waals surface area contributed by atoms with Gasteiger partial charge in [-0.25, -0.2) is 4.98 Å². The van der Waals surface area contributed by atoms with E-state index in [0.29, 0.717) is 29.6 Å². The van der Waals surface area contributed by atoms with E-state index in [0.717, 1.165) is 47.4 Å². The van der Waals surface area contributed by atoms with Gasteiger partial charge in [-0.2, -0.15) is 5.10 Å². The monoisotopic (exact) mass is 445 g/mol. The van der Waals surface area contributed by atoms with Crippen LogP contribution in [0.15, 0.2) is 47.9 Å². The van der Waals surface area contributed by atoms with E-state index < -0.39 is 0 Å². The van der Waals surface area contributed by atoms with Crippen LogP contribution in [0.5, 0.6) is 5.75 Å². The van der Waals surface area contributed by atoms with Crippen LogP contribution in [0.3, 0.4) is 0 Å². The number of hydrogen-bond donors (Lipinski definition) is 0. The molecule has 33 heavy (non-hydrogen) atoms. The van der Waals surface area contributed by atoms with E-state index >= 15 is 0 Å². The lowest BCUT2D eigenvalue weighted by Crippen LogP contribution is -2.27. The number of rotatable bonds is 6. The quantitative estimate of drug-likeness (QED) is 0.453. The van der Waals surface area contributed by atoms with Crippen molar-refractivity contribution >= 4 is 10.9 Å². The highest BCUT2D eigenvalue weighted by molar-refractivity contribution is 5.86. The second-order valence-electron chi connectivity index (χ2n) is 8.56. The zero-order valence-corrected chi connectivity index (χ0v) is 19.1. The molecule has 0 spiro atoms. The molecule has 4 heterocycles. The van der Waals surface area contributed by atoms with Gasteiger partial charge in [0.05, 0.1) is 43.4 Å². The first-order valence-electron chi connectivity index (χ1n) is 11.1. The molecular formula is C25H27N5O3. The predicted molar refractivity (Wildman–Crippen MR) is 126 cm³/mol. The molecule has 1 aliphatic heterocycles. The minimum atomic E-state index is -0.0694. The lowest BCUT2D eigenvalue weighted by Gasteiger charge is -2.16. The fourth-order valence-electron chi connectivity index (χ4n) is 4.47. The molecule has 1 aromatic carbocycles. The van der Waals surface area contributed by atoms with Crippen LogP contribution >= 0.6 is 0 Å². The molecular weight excluding hydrogens is 418 g/mol. The van der Waals surface area contributed by atoms with E-state index in [4.69, 9.17) is 9.47 Å². The molecule has 8 heteroatoms. The van der Waals surface area contributed by atoms with Gasteiger partial charge in [-0.3, -0.25) is 19.0 Å². The number of fused-ring (bicyclic) bond motifs is 1. The Morgan fingerprint density at radius 1 is 1.24 bits per heavy atom. The molecule has 0 radical (unpaired) electrons. The van der Waals surface area contributed by atoms with Crippen molar-refractivity contribution in [2.24, 2.45) is 7.05 Å². The summed E-state index contributed by atoms with van der Waals surface area (Å²) in [5.74, 6) is 0.642. The van der Waals surface area contributed by atoms with Crippen molar-refractivity contribution in [2.75, 3.05) is 13.7 Å². The highest BCUT2D eigenvalue weighted by Gasteiger charge is 2.20. The van der Waals surface area contributed by atoms with Gasteiger partial charge in [0.1, 0.15) is 11.3 Å². The van der Waals surface area contributed by atoms with E-state index in [-0.39, 0.29) is 11.7 Å². The SMILES string of the molecule is COc1c(C)c(Cc2ccc(-c3cnn(C)c3)nc2)cc2c(=O)n(CC3CCCO3)cnc12. The molecule has 1 aliphatic rings. The smallest absolute Gasteiger partial charge is 0.261 e. The summed E-state index contributed by atoms with van der Waals surface area (Å²) in [6, 6.07) is 6.00. The summed E-state index contributed by atoms with van der Waals surface area (Å²) in [6.45, 7) is 3.28. The summed E-state index contributed by atoms with van der Waals surface area (Å²) in [5, 5.41) is 4.77. The van der Waals surface area contributed by atoms with Crippen LogP contribution in [0, 0.1) is 6.92 Å².